The summed E-state index contributed by atoms with van der Waals surface area (Å²) in [4.78, 5) is 41.0. The van der Waals surface area contributed by atoms with Crippen LogP contribution in [0.25, 0.3) is 0 Å². The Kier molecular flexibility index (Phi) is 4.96. The third-order valence-corrected chi connectivity index (χ3v) is 5.65. The maximum absolute atomic E-state index is 12.9. The zero-order valence-corrected chi connectivity index (χ0v) is 16.2. The number of aromatic hydroxyl groups is 1. The molecule has 1 aliphatic carbocycles. The van der Waals surface area contributed by atoms with E-state index in [-0.39, 0.29) is 23.6 Å². The van der Waals surface area contributed by atoms with Crippen molar-refractivity contribution in [2.45, 2.75) is 38.1 Å². The van der Waals surface area contributed by atoms with E-state index >= 15 is 0 Å². The Morgan fingerprint density at radius 3 is 2.34 bits per heavy atom. The lowest BCUT2D eigenvalue weighted by Crippen LogP contribution is -2.40. The van der Waals surface area contributed by atoms with Crippen molar-refractivity contribution >= 4 is 29.2 Å². The molecule has 0 bridgehead atoms. The molecule has 1 fully saturated rings. The van der Waals surface area contributed by atoms with Crippen LogP contribution in [-0.4, -0.2) is 40.9 Å². The molecule has 7 nitrogen and oxygen atoms in total. The van der Waals surface area contributed by atoms with E-state index in [0.29, 0.717) is 22.5 Å². The number of imide groups is 1. The van der Waals surface area contributed by atoms with Gasteiger partial charge in [0.2, 0.25) is 0 Å². The van der Waals surface area contributed by atoms with E-state index in [1.165, 1.54) is 21.9 Å². The Balaban J connectivity index is 1.51. The Hall–Kier alpha value is -3.35. The number of nitrogens with zero attached hydrogens (tertiary/aromatic N) is 2. The molecule has 4 rings (SSSR count). The molecule has 1 aliphatic heterocycles. The normalized spacial score (nSPS) is 16.7. The Morgan fingerprint density at radius 2 is 1.66 bits per heavy atom. The summed E-state index contributed by atoms with van der Waals surface area (Å²) in [6, 6.07) is 10.6. The number of rotatable bonds is 3. The van der Waals surface area contributed by atoms with E-state index in [9.17, 15) is 19.5 Å². The fraction of sp³-hybridized carbons (Fsp3) is 0.318. The second kappa shape index (κ2) is 7.58. The SMILES string of the molecule is CN(C(=O)Nc1ccc2c(c1)C(=O)N(C1CCCCC1)C2=O)c1ccc(O)cc1. The van der Waals surface area contributed by atoms with Gasteiger partial charge in [0.15, 0.2) is 0 Å². The van der Waals surface area contributed by atoms with Crippen molar-refractivity contribution < 1.29 is 19.5 Å². The van der Waals surface area contributed by atoms with Crippen molar-refractivity contribution in [3.63, 3.8) is 0 Å². The lowest BCUT2D eigenvalue weighted by Gasteiger charge is -2.29. The standard InChI is InChI=1S/C22H23N3O4/c1-24(15-8-10-17(26)11-9-15)22(29)23-14-7-12-18-19(13-14)21(28)25(20(18)27)16-5-3-2-4-6-16/h7-13,16,26H,2-6H2,1H3,(H,23,29). The zero-order chi connectivity index (χ0) is 20.5. The minimum absolute atomic E-state index is 0.0326. The highest BCUT2D eigenvalue weighted by Crippen LogP contribution is 2.32. The molecule has 7 heteroatoms. The minimum atomic E-state index is -0.392. The van der Waals surface area contributed by atoms with Crippen molar-refractivity contribution in [1.82, 2.24) is 4.90 Å². The molecule has 1 heterocycles. The molecular weight excluding hydrogens is 370 g/mol. The van der Waals surface area contributed by atoms with Gasteiger partial charge in [0.25, 0.3) is 11.8 Å². The molecule has 2 aliphatic rings. The van der Waals surface area contributed by atoms with E-state index in [4.69, 9.17) is 0 Å². The Morgan fingerprint density at radius 1 is 1.00 bits per heavy atom. The van der Waals surface area contributed by atoms with Crippen molar-refractivity contribution in [2.75, 3.05) is 17.3 Å². The smallest absolute Gasteiger partial charge is 0.326 e. The molecule has 150 valence electrons. The van der Waals surface area contributed by atoms with Crippen LogP contribution in [0.2, 0.25) is 0 Å². The predicted octanol–water partition coefficient (Wildman–Crippen LogP) is 3.99. The zero-order valence-electron chi connectivity index (χ0n) is 16.2. The molecule has 0 atom stereocenters. The molecule has 29 heavy (non-hydrogen) atoms. The van der Waals surface area contributed by atoms with Gasteiger partial charge < -0.3 is 10.4 Å². The van der Waals surface area contributed by atoms with Crippen LogP contribution in [0, 0.1) is 0 Å². The van der Waals surface area contributed by atoms with Gasteiger partial charge in [0.05, 0.1) is 11.1 Å². The monoisotopic (exact) mass is 393 g/mol. The van der Waals surface area contributed by atoms with Crippen LogP contribution in [-0.2, 0) is 0 Å². The first-order chi connectivity index (χ1) is 14.0. The minimum Gasteiger partial charge on any atom is -0.508 e. The third kappa shape index (κ3) is 3.55. The van der Waals surface area contributed by atoms with Gasteiger partial charge in [-0.2, -0.15) is 0 Å². The molecule has 2 aromatic rings. The van der Waals surface area contributed by atoms with E-state index in [1.54, 1.807) is 37.4 Å². The molecule has 4 amide bonds. The van der Waals surface area contributed by atoms with Gasteiger partial charge in [-0.05, 0) is 55.3 Å². The number of urea groups is 1. The van der Waals surface area contributed by atoms with E-state index in [2.05, 4.69) is 5.32 Å². The summed E-state index contributed by atoms with van der Waals surface area (Å²) in [5.41, 5.74) is 1.79. The number of fused-ring (bicyclic) bond motifs is 1. The summed E-state index contributed by atoms with van der Waals surface area (Å²) in [7, 11) is 1.61. The van der Waals surface area contributed by atoms with Gasteiger partial charge >= 0.3 is 6.03 Å². The predicted molar refractivity (Wildman–Crippen MR) is 109 cm³/mol. The maximum atomic E-state index is 12.9. The van der Waals surface area contributed by atoms with Gasteiger partial charge in [-0.15, -0.1) is 0 Å². The number of benzene rings is 2. The second-order valence-corrected chi connectivity index (χ2v) is 7.54. The highest BCUT2D eigenvalue weighted by molar-refractivity contribution is 6.22. The van der Waals surface area contributed by atoms with Gasteiger partial charge in [0.1, 0.15) is 5.75 Å². The van der Waals surface area contributed by atoms with Crippen LogP contribution >= 0.6 is 0 Å². The number of hydrogen-bond acceptors (Lipinski definition) is 4. The van der Waals surface area contributed by atoms with Crippen LogP contribution < -0.4 is 10.2 Å². The quantitative estimate of drug-likeness (QED) is 0.772. The molecule has 0 spiro atoms. The summed E-state index contributed by atoms with van der Waals surface area (Å²) in [5, 5.41) is 12.1. The average Bonchev–Trinajstić information content (AvgIpc) is 2.98. The highest BCUT2D eigenvalue weighted by Gasteiger charge is 2.40. The number of carbonyl (C=O) groups is 3. The van der Waals surface area contributed by atoms with Crippen molar-refractivity contribution in [3.05, 3.63) is 53.6 Å². The molecule has 0 radical (unpaired) electrons. The van der Waals surface area contributed by atoms with Crippen LogP contribution in [0.1, 0.15) is 52.8 Å². The van der Waals surface area contributed by atoms with Crippen LogP contribution in [0.5, 0.6) is 5.75 Å². The van der Waals surface area contributed by atoms with Crippen LogP contribution in [0.4, 0.5) is 16.2 Å². The summed E-state index contributed by atoms with van der Waals surface area (Å²) < 4.78 is 0. The highest BCUT2D eigenvalue weighted by atomic mass is 16.3. The number of amides is 4. The lowest BCUT2D eigenvalue weighted by atomic mass is 9.94. The topological polar surface area (TPSA) is 90.0 Å². The molecule has 0 aromatic heterocycles. The van der Waals surface area contributed by atoms with E-state index in [0.717, 1.165) is 32.1 Å². The van der Waals surface area contributed by atoms with Crippen LogP contribution in [0.15, 0.2) is 42.5 Å². The summed E-state index contributed by atoms with van der Waals surface area (Å²) in [5.74, 6) is -0.400. The number of hydrogen-bond donors (Lipinski definition) is 2. The van der Waals surface area contributed by atoms with Crippen molar-refractivity contribution in [2.24, 2.45) is 0 Å². The Labute approximate surface area is 168 Å². The van der Waals surface area contributed by atoms with Gasteiger partial charge in [-0.3, -0.25) is 19.4 Å². The average molecular weight is 393 g/mol. The number of carbonyl (C=O) groups excluding carboxylic acids is 3. The first kappa shape index (κ1) is 19.0. The summed E-state index contributed by atoms with van der Waals surface area (Å²) in [6.45, 7) is 0. The number of phenols is 1. The fourth-order valence-electron chi connectivity index (χ4n) is 4.01. The lowest BCUT2D eigenvalue weighted by molar-refractivity contribution is 0.0549. The maximum Gasteiger partial charge on any atom is 0.326 e. The van der Waals surface area contributed by atoms with Crippen molar-refractivity contribution in [3.8, 4) is 5.75 Å². The molecular formula is C22H23N3O4. The second-order valence-electron chi connectivity index (χ2n) is 7.54. The first-order valence-corrected chi connectivity index (χ1v) is 9.81. The first-order valence-electron chi connectivity index (χ1n) is 9.81. The number of nitrogens with one attached hydrogen (secondary N) is 1. The molecule has 0 saturated heterocycles. The van der Waals surface area contributed by atoms with E-state index in [1.807, 2.05) is 0 Å². The van der Waals surface area contributed by atoms with Crippen LogP contribution in [0.3, 0.4) is 0 Å². The van der Waals surface area contributed by atoms with E-state index < -0.39 is 6.03 Å². The van der Waals surface area contributed by atoms with Gasteiger partial charge in [-0.1, -0.05) is 19.3 Å². The summed E-state index contributed by atoms with van der Waals surface area (Å²) >= 11 is 0. The molecule has 2 N–H and O–H groups in total. The van der Waals surface area contributed by atoms with Gasteiger partial charge in [0, 0.05) is 24.5 Å². The molecule has 0 unspecified atom stereocenters. The molecule has 2 aromatic carbocycles. The largest absolute Gasteiger partial charge is 0.508 e. The summed E-state index contributed by atoms with van der Waals surface area (Å²) in [6.07, 6.45) is 4.91. The van der Waals surface area contributed by atoms with Gasteiger partial charge in [-0.25, -0.2) is 4.79 Å². The Bertz CT molecular complexity index is 965. The third-order valence-electron chi connectivity index (χ3n) is 5.65. The molecule has 1 saturated carbocycles. The fourth-order valence-corrected chi connectivity index (χ4v) is 4.01. The van der Waals surface area contributed by atoms with Crippen molar-refractivity contribution in [1.29, 1.82) is 0 Å². The number of phenolic OH excluding ortho intramolecular Hbond substituents is 1. The number of anilines is 2.